The molecule has 0 amide bonds. The maximum absolute atomic E-state index is 12.5. The van der Waals surface area contributed by atoms with Crippen LogP contribution in [0.5, 0.6) is 0 Å². The van der Waals surface area contributed by atoms with Crippen LogP contribution in [0.3, 0.4) is 0 Å². The number of rotatable bonds is 3. The van der Waals surface area contributed by atoms with Gasteiger partial charge in [0.15, 0.2) is 0 Å². The highest BCUT2D eigenvalue weighted by Crippen LogP contribution is 2.20. The summed E-state index contributed by atoms with van der Waals surface area (Å²) in [5.41, 5.74) is 0. The number of morpholine rings is 1. The lowest BCUT2D eigenvalue weighted by molar-refractivity contribution is -0.367. The Kier molecular flexibility index (Phi) is 4.68. The summed E-state index contributed by atoms with van der Waals surface area (Å²) in [5, 5.41) is 0. The van der Waals surface area contributed by atoms with E-state index < -0.39 is 10.0 Å². The van der Waals surface area contributed by atoms with Gasteiger partial charge in [0.25, 0.3) is 5.82 Å². The molecule has 2 aliphatic rings. The van der Waals surface area contributed by atoms with Gasteiger partial charge in [-0.05, 0) is 6.07 Å². The van der Waals surface area contributed by atoms with E-state index in [1.54, 1.807) is 28.3 Å². The molecule has 0 aromatic carbocycles. The highest BCUT2D eigenvalue weighted by atomic mass is 32.2. The van der Waals surface area contributed by atoms with Crippen molar-refractivity contribution in [1.82, 2.24) is 4.31 Å². The number of thioether (sulfide) groups is 1. The Morgan fingerprint density at radius 3 is 2.43 bits per heavy atom. The van der Waals surface area contributed by atoms with Crippen molar-refractivity contribution in [3.05, 3.63) is 18.3 Å². The maximum Gasteiger partial charge on any atom is 0.274 e. The largest absolute Gasteiger partial charge is 0.373 e. The van der Waals surface area contributed by atoms with Crippen LogP contribution in [0, 0.1) is 0 Å². The molecule has 21 heavy (non-hydrogen) atoms. The second kappa shape index (κ2) is 6.51. The average Bonchev–Trinajstić information content (AvgIpc) is 2.57. The van der Waals surface area contributed by atoms with E-state index in [0.29, 0.717) is 31.2 Å². The molecule has 2 fully saturated rings. The predicted octanol–water partition coefficient (Wildman–Crippen LogP) is 0.0748. The summed E-state index contributed by atoms with van der Waals surface area (Å²) >= 11 is 1.80. The number of aromatic amines is 1. The third-order valence-electron chi connectivity index (χ3n) is 3.73. The molecule has 0 aliphatic carbocycles. The molecule has 6 nitrogen and oxygen atoms in total. The van der Waals surface area contributed by atoms with Gasteiger partial charge in [-0.25, -0.2) is 13.4 Å². The summed E-state index contributed by atoms with van der Waals surface area (Å²) in [6.07, 6.45) is 1.60. The smallest absolute Gasteiger partial charge is 0.274 e. The fourth-order valence-corrected chi connectivity index (χ4v) is 5.04. The summed E-state index contributed by atoms with van der Waals surface area (Å²) in [7, 11) is -3.36. The van der Waals surface area contributed by atoms with Gasteiger partial charge >= 0.3 is 0 Å². The van der Waals surface area contributed by atoms with Gasteiger partial charge in [0, 0.05) is 30.7 Å². The van der Waals surface area contributed by atoms with Crippen LogP contribution < -0.4 is 9.88 Å². The van der Waals surface area contributed by atoms with Crippen molar-refractivity contribution in [3.8, 4) is 0 Å². The fraction of sp³-hybridized carbons (Fsp3) is 0.615. The van der Waals surface area contributed by atoms with E-state index in [1.807, 2.05) is 6.07 Å². The SMILES string of the molecule is O=S(=O)(c1ccc(N2CCOCC2)[nH+]c1)N1CCSCC1. The first kappa shape index (κ1) is 15.1. The molecule has 0 spiro atoms. The molecule has 1 N–H and O–H groups in total. The number of hydrogen-bond acceptors (Lipinski definition) is 5. The number of sulfonamides is 1. The van der Waals surface area contributed by atoms with Gasteiger partial charge in [-0.3, -0.25) is 4.90 Å². The molecule has 8 heteroatoms. The number of nitrogens with one attached hydrogen (secondary N) is 1. The molecule has 0 bridgehead atoms. The van der Waals surface area contributed by atoms with Crippen LogP contribution in [-0.2, 0) is 14.8 Å². The Labute approximate surface area is 129 Å². The molecule has 1 aromatic rings. The van der Waals surface area contributed by atoms with E-state index in [4.69, 9.17) is 4.74 Å². The number of aromatic nitrogens is 1. The molecule has 0 saturated carbocycles. The van der Waals surface area contributed by atoms with Crippen molar-refractivity contribution < 1.29 is 18.1 Å². The van der Waals surface area contributed by atoms with E-state index in [0.717, 1.165) is 30.4 Å². The molecule has 2 aliphatic heterocycles. The van der Waals surface area contributed by atoms with Gasteiger partial charge in [0.1, 0.15) is 24.2 Å². The topological polar surface area (TPSA) is 64.0 Å². The van der Waals surface area contributed by atoms with Gasteiger partial charge in [-0.1, -0.05) is 0 Å². The van der Waals surface area contributed by atoms with Crippen LogP contribution in [0.25, 0.3) is 0 Å². The molecule has 2 saturated heterocycles. The predicted molar refractivity (Wildman–Crippen MR) is 82.1 cm³/mol. The summed E-state index contributed by atoms with van der Waals surface area (Å²) in [4.78, 5) is 5.61. The van der Waals surface area contributed by atoms with Crippen molar-refractivity contribution in [1.29, 1.82) is 0 Å². The maximum atomic E-state index is 12.5. The van der Waals surface area contributed by atoms with Crippen molar-refractivity contribution in [2.24, 2.45) is 0 Å². The Balaban J connectivity index is 1.76. The van der Waals surface area contributed by atoms with Gasteiger partial charge in [-0.2, -0.15) is 16.1 Å². The first-order valence-corrected chi connectivity index (χ1v) is 9.70. The molecule has 3 heterocycles. The quantitative estimate of drug-likeness (QED) is 0.785. The van der Waals surface area contributed by atoms with Crippen molar-refractivity contribution in [3.63, 3.8) is 0 Å². The van der Waals surface area contributed by atoms with Gasteiger partial charge in [0.2, 0.25) is 10.0 Å². The molecular formula is C13H20N3O3S2+. The minimum Gasteiger partial charge on any atom is -0.373 e. The third-order valence-corrected chi connectivity index (χ3v) is 6.56. The highest BCUT2D eigenvalue weighted by molar-refractivity contribution is 7.99. The van der Waals surface area contributed by atoms with Gasteiger partial charge < -0.3 is 4.74 Å². The zero-order valence-electron chi connectivity index (χ0n) is 11.8. The lowest BCUT2D eigenvalue weighted by Gasteiger charge is -2.25. The Morgan fingerprint density at radius 2 is 1.81 bits per heavy atom. The zero-order valence-corrected chi connectivity index (χ0v) is 13.5. The van der Waals surface area contributed by atoms with E-state index in [1.165, 1.54) is 0 Å². The van der Waals surface area contributed by atoms with Gasteiger partial charge in [-0.15, -0.1) is 0 Å². The van der Waals surface area contributed by atoms with Crippen LogP contribution >= 0.6 is 11.8 Å². The summed E-state index contributed by atoms with van der Waals surface area (Å²) in [6.45, 7) is 4.26. The molecule has 1 aromatic heterocycles. The van der Waals surface area contributed by atoms with Crippen molar-refractivity contribution in [2.45, 2.75) is 4.90 Å². The average molecular weight is 330 g/mol. The summed E-state index contributed by atoms with van der Waals surface area (Å²) in [5.74, 6) is 2.68. The highest BCUT2D eigenvalue weighted by Gasteiger charge is 2.28. The number of pyridine rings is 1. The van der Waals surface area contributed by atoms with Crippen LogP contribution in [-0.4, -0.2) is 63.6 Å². The summed E-state index contributed by atoms with van der Waals surface area (Å²) < 4.78 is 32.0. The number of hydrogen-bond donors (Lipinski definition) is 0. The Hall–Kier alpha value is -0.830. The summed E-state index contributed by atoms with van der Waals surface area (Å²) in [6, 6.07) is 3.54. The first-order chi connectivity index (χ1) is 10.2. The molecule has 3 rings (SSSR count). The fourth-order valence-electron chi connectivity index (χ4n) is 2.50. The standard InChI is InChI=1S/C13H19N3O3S2/c17-21(18,16-5-9-20-10-6-16)12-1-2-13(14-11-12)15-3-7-19-8-4-15/h1-2,11H,3-10H2/p+1. The van der Waals surface area contributed by atoms with Gasteiger partial charge in [0.05, 0.1) is 13.2 Å². The lowest BCUT2D eigenvalue weighted by Crippen LogP contribution is -2.40. The van der Waals surface area contributed by atoms with E-state index >= 15 is 0 Å². The monoisotopic (exact) mass is 330 g/mol. The minimum atomic E-state index is -3.36. The number of H-pyrrole nitrogens is 1. The zero-order chi connectivity index (χ0) is 14.7. The van der Waals surface area contributed by atoms with Crippen molar-refractivity contribution in [2.75, 3.05) is 55.8 Å². The number of nitrogens with zero attached hydrogens (tertiary/aromatic N) is 2. The molecule has 0 unspecified atom stereocenters. The Bertz CT molecular complexity index is 565. The molecular weight excluding hydrogens is 310 g/mol. The normalized spacial score (nSPS) is 21.4. The third kappa shape index (κ3) is 3.33. The van der Waals surface area contributed by atoms with Crippen molar-refractivity contribution >= 4 is 27.6 Å². The number of ether oxygens (including phenoxy) is 1. The number of anilines is 1. The minimum absolute atomic E-state index is 0.339. The van der Waals surface area contributed by atoms with Crippen LogP contribution in [0.4, 0.5) is 5.82 Å². The van der Waals surface area contributed by atoms with E-state index in [9.17, 15) is 8.42 Å². The van der Waals surface area contributed by atoms with E-state index in [2.05, 4.69) is 9.88 Å². The van der Waals surface area contributed by atoms with Crippen LogP contribution in [0.2, 0.25) is 0 Å². The van der Waals surface area contributed by atoms with E-state index in [-0.39, 0.29) is 0 Å². The second-order valence-corrected chi connectivity index (χ2v) is 8.19. The molecule has 0 radical (unpaired) electrons. The lowest BCUT2D eigenvalue weighted by atomic mass is 10.4. The Morgan fingerprint density at radius 1 is 1.10 bits per heavy atom. The van der Waals surface area contributed by atoms with Crippen LogP contribution in [0.1, 0.15) is 0 Å². The molecule has 116 valence electrons. The first-order valence-electron chi connectivity index (χ1n) is 7.10. The molecule has 0 atom stereocenters. The van der Waals surface area contributed by atoms with Crippen LogP contribution in [0.15, 0.2) is 23.2 Å². The second-order valence-electron chi connectivity index (χ2n) is 5.03.